The molecular weight excluding hydrogens is 302 g/mol. The summed E-state index contributed by atoms with van der Waals surface area (Å²) in [5, 5.41) is 0.616. The number of pyridine rings is 1. The molecular formula is C13H13Cl2FN4. The molecule has 0 saturated carbocycles. The number of rotatable bonds is 4. The molecule has 7 heteroatoms. The summed E-state index contributed by atoms with van der Waals surface area (Å²) in [5.74, 6) is 5.65. The van der Waals surface area contributed by atoms with E-state index in [-0.39, 0.29) is 11.6 Å². The molecule has 0 atom stereocenters. The fraction of sp³-hybridized carbons (Fsp3) is 0.154. The van der Waals surface area contributed by atoms with E-state index in [4.69, 9.17) is 29.0 Å². The van der Waals surface area contributed by atoms with Gasteiger partial charge in [0.1, 0.15) is 5.82 Å². The van der Waals surface area contributed by atoms with Gasteiger partial charge in [0.15, 0.2) is 11.6 Å². The van der Waals surface area contributed by atoms with Crippen molar-refractivity contribution in [2.45, 2.75) is 6.92 Å². The quantitative estimate of drug-likeness (QED) is 0.662. The molecule has 0 unspecified atom stereocenters. The van der Waals surface area contributed by atoms with Gasteiger partial charge in [0.05, 0.1) is 15.7 Å². The predicted octanol–water partition coefficient (Wildman–Crippen LogP) is 3.97. The molecule has 2 aromatic rings. The highest BCUT2D eigenvalue weighted by molar-refractivity contribution is 6.37. The number of aromatic nitrogens is 1. The number of hydrogen-bond acceptors (Lipinski definition) is 4. The minimum atomic E-state index is -0.357. The van der Waals surface area contributed by atoms with Crippen molar-refractivity contribution < 1.29 is 4.39 Å². The Balaban J connectivity index is 2.55. The van der Waals surface area contributed by atoms with Crippen molar-refractivity contribution in [1.29, 1.82) is 0 Å². The molecule has 0 bridgehead atoms. The Morgan fingerprint density at radius 1 is 1.30 bits per heavy atom. The van der Waals surface area contributed by atoms with Crippen LogP contribution in [0.5, 0.6) is 0 Å². The number of benzene rings is 1. The van der Waals surface area contributed by atoms with E-state index in [0.29, 0.717) is 28.1 Å². The summed E-state index contributed by atoms with van der Waals surface area (Å²) in [7, 11) is 0. The van der Waals surface area contributed by atoms with E-state index >= 15 is 0 Å². The minimum Gasteiger partial charge on any atom is -0.323 e. The fourth-order valence-electron chi connectivity index (χ4n) is 1.85. The van der Waals surface area contributed by atoms with E-state index in [0.717, 1.165) is 0 Å². The zero-order valence-electron chi connectivity index (χ0n) is 10.7. The second kappa shape index (κ2) is 6.26. The van der Waals surface area contributed by atoms with E-state index in [9.17, 15) is 4.39 Å². The van der Waals surface area contributed by atoms with E-state index in [1.54, 1.807) is 23.1 Å². The first kappa shape index (κ1) is 14.8. The highest BCUT2D eigenvalue weighted by atomic mass is 35.5. The van der Waals surface area contributed by atoms with Crippen molar-refractivity contribution in [2.75, 3.05) is 16.9 Å². The van der Waals surface area contributed by atoms with Gasteiger partial charge in [0.25, 0.3) is 0 Å². The normalized spacial score (nSPS) is 10.4. The Morgan fingerprint density at radius 3 is 2.60 bits per heavy atom. The molecule has 4 nitrogen and oxygen atoms in total. The van der Waals surface area contributed by atoms with E-state index in [1.807, 2.05) is 6.92 Å². The minimum absolute atomic E-state index is 0.279. The molecule has 0 amide bonds. The molecule has 0 radical (unpaired) electrons. The van der Waals surface area contributed by atoms with Crippen molar-refractivity contribution >= 4 is 40.5 Å². The monoisotopic (exact) mass is 314 g/mol. The lowest BCUT2D eigenvalue weighted by molar-refractivity contribution is 0.625. The van der Waals surface area contributed by atoms with Crippen molar-refractivity contribution in [1.82, 2.24) is 4.98 Å². The van der Waals surface area contributed by atoms with Crippen LogP contribution < -0.4 is 16.2 Å². The maximum atomic E-state index is 13.9. The number of para-hydroxylation sites is 1. The van der Waals surface area contributed by atoms with E-state index in [1.165, 1.54) is 12.1 Å². The number of nitrogens with two attached hydrogens (primary N) is 1. The highest BCUT2D eigenvalue weighted by Gasteiger charge is 2.18. The number of anilines is 3. The molecule has 0 aliphatic heterocycles. The average Bonchev–Trinajstić information content (AvgIpc) is 2.43. The number of nitrogens with zero attached hydrogens (tertiary/aromatic N) is 2. The maximum Gasteiger partial charge on any atom is 0.161 e. The SMILES string of the molecule is CCN(c1ccccc1F)c1nc(NN)c(Cl)cc1Cl. The first-order valence-electron chi connectivity index (χ1n) is 5.93. The van der Waals surface area contributed by atoms with Crippen LogP contribution in [0.2, 0.25) is 10.0 Å². The van der Waals surface area contributed by atoms with Crippen LogP contribution in [-0.4, -0.2) is 11.5 Å². The highest BCUT2D eigenvalue weighted by Crippen LogP contribution is 2.35. The molecule has 1 heterocycles. The molecule has 0 fully saturated rings. The third kappa shape index (κ3) is 2.80. The summed E-state index contributed by atoms with van der Waals surface area (Å²) in [5.41, 5.74) is 2.77. The van der Waals surface area contributed by atoms with Crippen LogP contribution >= 0.6 is 23.2 Å². The van der Waals surface area contributed by atoms with E-state index < -0.39 is 0 Å². The number of nitrogen functional groups attached to an aromatic ring is 1. The lowest BCUT2D eigenvalue weighted by atomic mass is 10.2. The molecule has 1 aromatic carbocycles. The third-order valence-electron chi connectivity index (χ3n) is 2.76. The topological polar surface area (TPSA) is 54.2 Å². The van der Waals surface area contributed by atoms with Gasteiger partial charge in [-0.05, 0) is 25.1 Å². The van der Waals surface area contributed by atoms with Crippen molar-refractivity contribution in [2.24, 2.45) is 5.84 Å². The molecule has 20 heavy (non-hydrogen) atoms. The zero-order valence-corrected chi connectivity index (χ0v) is 12.2. The standard InChI is InChI=1S/C13H13Cl2FN4/c1-2-20(11-6-4-3-5-10(11)16)13-9(15)7-8(14)12(18-13)19-17/h3-7H,2,17H2,1H3,(H,18,19). The summed E-state index contributed by atoms with van der Waals surface area (Å²) in [6.07, 6.45) is 0. The molecule has 0 saturated heterocycles. The second-order valence-corrected chi connectivity index (χ2v) is 4.78. The summed E-state index contributed by atoms with van der Waals surface area (Å²) in [6.45, 7) is 2.36. The Kier molecular flexibility index (Phi) is 4.65. The van der Waals surface area contributed by atoms with Crippen LogP contribution in [0.25, 0.3) is 0 Å². The first-order chi connectivity index (χ1) is 9.58. The van der Waals surface area contributed by atoms with Crippen LogP contribution in [0.1, 0.15) is 6.92 Å². The van der Waals surface area contributed by atoms with Crippen LogP contribution in [0.3, 0.4) is 0 Å². The van der Waals surface area contributed by atoms with Crippen molar-refractivity contribution in [3.63, 3.8) is 0 Å². The van der Waals surface area contributed by atoms with Gasteiger partial charge in [-0.25, -0.2) is 15.2 Å². The van der Waals surface area contributed by atoms with Gasteiger partial charge < -0.3 is 10.3 Å². The summed E-state index contributed by atoms with van der Waals surface area (Å²) >= 11 is 12.1. The third-order valence-corrected chi connectivity index (χ3v) is 3.33. The smallest absolute Gasteiger partial charge is 0.161 e. The molecule has 3 N–H and O–H groups in total. The molecule has 106 valence electrons. The van der Waals surface area contributed by atoms with Crippen LogP contribution in [0.15, 0.2) is 30.3 Å². The zero-order chi connectivity index (χ0) is 14.7. The summed E-state index contributed by atoms with van der Waals surface area (Å²) in [4.78, 5) is 5.89. The van der Waals surface area contributed by atoms with Crippen molar-refractivity contribution in [3.05, 3.63) is 46.2 Å². The second-order valence-electron chi connectivity index (χ2n) is 3.96. The molecule has 2 rings (SSSR count). The largest absolute Gasteiger partial charge is 0.323 e. The van der Waals surface area contributed by atoms with Gasteiger partial charge in [0, 0.05) is 6.54 Å². The molecule has 0 aliphatic rings. The lowest BCUT2D eigenvalue weighted by Gasteiger charge is -2.24. The van der Waals surface area contributed by atoms with Crippen LogP contribution in [-0.2, 0) is 0 Å². The Bertz CT molecular complexity index is 621. The van der Waals surface area contributed by atoms with Gasteiger partial charge in [-0.15, -0.1) is 0 Å². The molecule has 0 spiro atoms. The van der Waals surface area contributed by atoms with Crippen LogP contribution in [0, 0.1) is 5.82 Å². The predicted molar refractivity (Wildman–Crippen MR) is 81.1 cm³/mol. The Labute approximate surface area is 126 Å². The maximum absolute atomic E-state index is 13.9. The van der Waals surface area contributed by atoms with Gasteiger partial charge in [-0.2, -0.15) is 0 Å². The average molecular weight is 315 g/mol. The Morgan fingerprint density at radius 2 is 2.00 bits per heavy atom. The number of hydrogen-bond donors (Lipinski definition) is 2. The van der Waals surface area contributed by atoms with Gasteiger partial charge in [0.2, 0.25) is 0 Å². The number of hydrazine groups is 1. The molecule has 0 aliphatic carbocycles. The summed E-state index contributed by atoms with van der Waals surface area (Å²) in [6, 6.07) is 7.92. The van der Waals surface area contributed by atoms with Gasteiger partial charge in [-0.1, -0.05) is 35.3 Å². The van der Waals surface area contributed by atoms with Gasteiger partial charge in [-0.3, -0.25) is 0 Å². The van der Waals surface area contributed by atoms with E-state index in [2.05, 4.69) is 10.4 Å². The molecule has 1 aromatic heterocycles. The fourth-order valence-corrected chi connectivity index (χ4v) is 2.37. The Hall–Kier alpha value is -1.56. The summed E-state index contributed by atoms with van der Waals surface area (Å²) < 4.78 is 13.9. The first-order valence-corrected chi connectivity index (χ1v) is 6.68. The lowest BCUT2D eigenvalue weighted by Crippen LogP contribution is -2.20. The number of halogens is 3. The van der Waals surface area contributed by atoms with Crippen molar-refractivity contribution in [3.8, 4) is 0 Å². The number of nitrogens with one attached hydrogen (secondary N) is 1. The van der Waals surface area contributed by atoms with Gasteiger partial charge >= 0.3 is 0 Å². The van der Waals surface area contributed by atoms with Crippen LogP contribution in [0.4, 0.5) is 21.7 Å².